The van der Waals surface area contributed by atoms with E-state index in [0.717, 1.165) is 12.8 Å². The Balaban J connectivity index is 2.33. The number of carboxylic acids is 1. The van der Waals surface area contributed by atoms with Crippen LogP contribution in [0.4, 0.5) is 0 Å². The van der Waals surface area contributed by atoms with Crippen LogP contribution in [-0.2, 0) is 4.79 Å². The summed E-state index contributed by atoms with van der Waals surface area (Å²) in [6.45, 7) is 2.00. The number of carbonyl (C=O) groups is 1. The van der Waals surface area contributed by atoms with Gasteiger partial charge >= 0.3 is 5.97 Å². The number of aliphatic carboxylic acids is 1. The van der Waals surface area contributed by atoms with E-state index >= 15 is 0 Å². The monoisotopic (exact) mass is 187 g/mol. The van der Waals surface area contributed by atoms with Crippen LogP contribution in [0.5, 0.6) is 0 Å². The SMILES string of the molecule is CC(CCO)NC(C(=O)O)C1CC1. The Morgan fingerprint density at radius 3 is 2.62 bits per heavy atom. The van der Waals surface area contributed by atoms with Crippen molar-refractivity contribution in [3.8, 4) is 0 Å². The van der Waals surface area contributed by atoms with E-state index in [-0.39, 0.29) is 12.6 Å². The summed E-state index contributed by atoms with van der Waals surface area (Å²) in [5, 5.41) is 20.6. The Morgan fingerprint density at radius 1 is 1.62 bits per heavy atom. The highest BCUT2D eigenvalue weighted by Gasteiger charge is 2.36. The maximum absolute atomic E-state index is 10.8. The molecule has 76 valence electrons. The fraction of sp³-hybridized carbons (Fsp3) is 0.889. The van der Waals surface area contributed by atoms with Gasteiger partial charge in [-0.3, -0.25) is 4.79 Å². The number of aliphatic hydroxyl groups excluding tert-OH is 1. The zero-order valence-corrected chi connectivity index (χ0v) is 7.86. The molecule has 0 aliphatic heterocycles. The van der Waals surface area contributed by atoms with Crippen LogP contribution in [0.2, 0.25) is 0 Å². The third-order valence-electron chi connectivity index (χ3n) is 2.39. The fourth-order valence-corrected chi connectivity index (χ4v) is 1.42. The first-order valence-corrected chi connectivity index (χ1v) is 4.75. The third-order valence-corrected chi connectivity index (χ3v) is 2.39. The van der Waals surface area contributed by atoms with Crippen molar-refractivity contribution in [3.63, 3.8) is 0 Å². The summed E-state index contributed by atoms with van der Waals surface area (Å²) in [7, 11) is 0. The Morgan fingerprint density at radius 2 is 2.23 bits per heavy atom. The van der Waals surface area contributed by atoms with Crippen molar-refractivity contribution in [3.05, 3.63) is 0 Å². The lowest BCUT2D eigenvalue weighted by molar-refractivity contribution is -0.140. The molecule has 4 nitrogen and oxygen atoms in total. The Bertz CT molecular complexity index is 180. The minimum absolute atomic E-state index is 0.0756. The lowest BCUT2D eigenvalue weighted by atomic mass is 10.1. The standard InChI is InChI=1S/C9H17NO3/c1-6(4-5-11)10-8(9(12)13)7-2-3-7/h6-8,10-11H,2-5H2,1H3,(H,12,13). The molecule has 2 unspecified atom stereocenters. The molecule has 2 atom stereocenters. The molecule has 4 heteroatoms. The minimum Gasteiger partial charge on any atom is -0.480 e. The zero-order chi connectivity index (χ0) is 9.84. The van der Waals surface area contributed by atoms with Gasteiger partial charge in [-0.2, -0.15) is 0 Å². The van der Waals surface area contributed by atoms with Crippen LogP contribution in [0.1, 0.15) is 26.2 Å². The third kappa shape index (κ3) is 3.32. The predicted octanol–water partition coefficient (Wildman–Crippen LogP) is 0.210. The Kier molecular flexibility index (Phi) is 3.69. The molecule has 0 amide bonds. The van der Waals surface area contributed by atoms with E-state index in [1.54, 1.807) is 0 Å². The van der Waals surface area contributed by atoms with Crippen molar-refractivity contribution in [2.45, 2.75) is 38.3 Å². The van der Waals surface area contributed by atoms with Crippen molar-refractivity contribution in [1.29, 1.82) is 0 Å². The normalized spacial score (nSPS) is 21.1. The summed E-state index contributed by atoms with van der Waals surface area (Å²) in [6, 6.07) is -0.340. The van der Waals surface area contributed by atoms with E-state index in [4.69, 9.17) is 10.2 Å². The second-order valence-corrected chi connectivity index (χ2v) is 3.73. The van der Waals surface area contributed by atoms with Crippen LogP contribution in [-0.4, -0.2) is 34.9 Å². The average Bonchev–Trinajstić information content (AvgIpc) is 2.82. The first-order chi connectivity index (χ1) is 6.15. The van der Waals surface area contributed by atoms with E-state index < -0.39 is 12.0 Å². The maximum Gasteiger partial charge on any atom is 0.320 e. The van der Waals surface area contributed by atoms with Gasteiger partial charge < -0.3 is 15.5 Å². The van der Waals surface area contributed by atoms with E-state index in [1.165, 1.54) is 0 Å². The summed E-state index contributed by atoms with van der Waals surface area (Å²) >= 11 is 0. The van der Waals surface area contributed by atoms with Gasteiger partial charge in [0, 0.05) is 12.6 Å². The van der Waals surface area contributed by atoms with Crippen LogP contribution < -0.4 is 5.32 Å². The Labute approximate surface area is 78.0 Å². The summed E-state index contributed by atoms with van der Waals surface area (Å²) in [5.74, 6) is -0.467. The molecule has 1 rings (SSSR count). The largest absolute Gasteiger partial charge is 0.480 e. The molecule has 0 radical (unpaired) electrons. The van der Waals surface area contributed by atoms with Crippen molar-refractivity contribution >= 4 is 5.97 Å². The maximum atomic E-state index is 10.8. The molecule has 1 aliphatic rings. The van der Waals surface area contributed by atoms with Gasteiger partial charge in [0.05, 0.1) is 0 Å². The second-order valence-electron chi connectivity index (χ2n) is 3.73. The highest BCUT2D eigenvalue weighted by atomic mass is 16.4. The summed E-state index contributed by atoms with van der Waals surface area (Å²) in [6.07, 6.45) is 2.63. The van der Waals surface area contributed by atoms with Gasteiger partial charge in [0.1, 0.15) is 6.04 Å². The van der Waals surface area contributed by atoms with Gasteiger partial charge in [0.15, 0.2) is 0 Å². The van der Waals surface area contributed by atoms with Gasteiger partial charge in [-0.25, -0.2) is 0 Å². The van der Waals surface area contributed by atoms with Crippen molar-refractivity contribution < 1.29 is 15.0 Å². The molecule has 0 heterocycles. The fourth-order valence-electron chi connectivity index (χ4n) is 1.42. The quantitative estimate of drug-likeness (QED) is 0.556. The van der Waals surface area contributed by atoms with Gasteiger partial charge in [-0.05, 0) is 32.1 Å². The molecule has 1 fully saturated rings. The number of rotatable bonds is 6. The molecule has 0 aromatic carbocycles. The van der Waals surface area contributed by atoms with E-state index in [9.17, 15) is 4.79 Å². The van der Waals surface area contributed by atoms with Crippen LogP contribution in [0.15, 0.2) is 0 Å². The summed E-state index contributed by atoms with van der Waals surface area (Å²) in [4.78, 5) is 10.8. The lowest BCUT2D eigenvalue weighted by Crippen LogP contribution is -2.43. The number of carboxylic acid groups (broad SMARTS) is 1. The van der Waals surface area contributed by atoms with E-state index in [1.807, 2.05) is 6.92 Å². The number of aliphatic hydroxyl groups is 1. The molecule has 0 spiro atoms. The van der Waals surface area contributed by atoms with Gasteiger partial charge in [-0.1, -0.05) is 0 Å². The van der Waals surface area contributed by atoms with Gasteiger partial charge in [0.25, 0.3) is 0 Å². The highest BCUT2D eigenvalue weighted by Crippen LogP contribution is 2.32. The second kappa shape index (κ2) is 4.58. The zero-order valence-electron chi connectivity index (χ0n) is 7.86. The van der Waals surface area contributed by atoms with Crippen molar-refractivity contribution in [2.24, 2.45) is 5.92 Å². The first-order valence-electron chi connectivity index (χ1n) is 4.75. The van der Waals surface area contributed by atoms with E-state index in [0.29, 0.717) is 12.3 Å². The number of hydrogen-bond acceptors (Lipinski definition) is 3. The molecule has 13 heavy (non-hydrogen) atoms. The Hall–Kier alpha value is -0.610. The van der Waals surface area contributed by atoms with Crippen LogP contribution in [0.25, 0.3) is 0 Å². The molecule has 0 saturated heterocycles. The van der Waals surface area contributed by atoms with Crippen LogP contribution in [0, 0.1) is 5.92 Å². The average molecular weight is 187 g/mol. The minimum atomic E-state index is -0.771. The number of hydrogen-bond donors (Lipinski definition) is 3. The lowest BCUT2D eigenvalue weighted by Gasteiger charge is -2.18. The summed E-state index contributed by atoms with van der Waals surface area (Å²) < 4.78 is 0. The number of nitrogens with one attached hydrogen (secondary N) is 1. The molecule has 0 bridgehead atoms. The van der Waals surface area contributed by atoms with Crippen molar-refractivity contribution in [2.75, 3.05) is 6.61 Å². The molecule has 0 aromatic rings. The highest BCUT2D eigenvalue weighted by molar-refractivity contribution is 5.74. The molecule has 1 aliphatic carbocycles. The van der Waals surface area contributed by atoms with Crippen LogP contribution in [0.3, 0.4) is 0 Å². The smallest absolute Gasteiger partial charge is 0.320 e. The first kappa shape index (κ1) is 10.5. The predicted molar refractivity (Wildman–Crippen MR) is 48.4 cm³/mol. The van der Waals surface area contributed by atoms with Gasteiger partial charge in [0.2, 0.25) is 0 Å². The van der Waals surface area contributed by atoms with Gasteiger partial charge in [-0.15, -0.1) is 0 Å². The van der Waals surface area contributed by atoms with Crippen LogP contribution >= 0.6 is 0 Å². The van der Waals surface area contributed by atoms with E-state index in [2.05, 4.69) is 5.32 Å². The van der Waals surface area contributed by atoms with Crippen molar-refractivity contribution in [1.82, 2.24) is 5.32 Å². The molecular formula is C9H17NO3. The molecule has 3 N–H and O–H groups in total. The molecule has 0 aromatic heterocycles. The molecule has 1 saturated carbocycles. The topological polar surface area (TPSA) is 69.6 Å². The molecular weight excluding hydrogens is 170 g/mol. The summed E-state index contributed by atoms with van der Waals surface area (Å²) in [5.41, 5.74) is 0.